The zero-order chi connectivity index (χ0) is 16.3. The first-order valence-corrected chi connectivity index (χ1v) is 7.59. The van der Waals surface area contributed by atoms with Crippen LogP contribution in [-0.2, 0) is 4.74 Å². The van der Waals surface area contributed by atoms with Crippen LogP contribution in [0, 0.1) is 6.92 Å². The van der Waals surface area contributed by atoms with Gasteiger partial charge in [0.25, 0.3) is 0 Å². The minimum absolute atomic E-state index is 0.250. The van der Waals surface area contributed by atoms with Crippen molar-refractivity contribution >= 4 is 18.1 Å². The maximum absolute atomic E-state index is 12.1. The molecule has 22 heavy (non-hydrogen) atoms. The predicted octanol–water partition coefficient (Wildman–Crippen LogP) is 2.86. The lowest BCUT2D eigenvalue weighted by molar-refractivity contribution is 0.0240. The van der Waals surface area contributed by atoms with Gasteiger partial charge in [0.1, 0.15) is 11.9 Å². The van der Waals surface area contributed by atoms with Crippen LogP contribution in [0.2, 0.25) is 0 Å². The SMILES string of the molecule is Cc1cc(C=O)ccc1N1CCN(C(=O)OC(C)(C)C)CC1. The molecule has 0 atom stereocenters. The van der Waals surface area contributed by atoms with Crippen LogP contribution in [0.3, 0.4) is 0 Å². The Hall–Kier alpha value is -2.04. The van der Waals surface area contributed by atoms with Gasteiger partial charge in [0, 0.05) is 37.4 Å². The number of rotatable bonds is 2. The summed E-state index contributed by atoms with van der Waals surface area (Å²) in [6.07, 6.45) is 0.609. The second kappa shape index (κ2) is 6.38. The number of piperazine rings is 1. The van der Waals surface area contributed by atoms with Gasteiger partial charge in [-0.3, -0.25) is 4.79 Å². The van der Waals surface area contributed by atoms with E-state index in [0.29, 0.717) is 18.7 Å². The second-order valence-electron chi connectivity index (χ2n) is 6.62. The summed E-state index contributed by atoms with van der Waals surface area (Å²) in [6, 6.07) is 5.69. The minimum atomic E-state index is -0.463. The van der Waals surface area contributed by atoms with Crippen molar-refractivity contribution in [2.24, 2.45) is 0 Å². The molecular formula is C17H24N2O3. The van der Waals surface area contributed by atoms with E-state index < -0.39 is 5.60 Å². The average Bonchev–Trinajstić information content (AvgIpc) is 2.45. The monoisotopic (exact) mass is 304 g/mol. The van der Waals surface area contributed by atoms with E-state index >= 15 is 0 Å². The van der Waals surface area contributed by atoms with Crippen LogP contribution in [0.25, 0.3) is 0 Å². The summed E-state index contributed by atoms with van der Waals surface area (Å²) in [6.45, 7) is 10.4. The van der Waals surface area contributed by atoms with E-state index in [0.717, 1.165) is 30.6 Å². The average molecular weight is 304 g/mol. The Morgan fingerprint density at radius 2 is 1.82 bits per heavy atom. The normalized spacial score (nSPS) is 15.6. The molecule has 1 saturated heterocycles. The van der Waals surface area contributed by atoms with Crippen LogP contribution in [0.5, 0.6) is 0 Å². The Balaban J connectivity index is 1.97. The van der Waals surface area contributed by atoms with Gasteiger partial charge in [-0.05, 0) is 51.5 Å². The number of aldehydes is 1. The molecule has 1 aromatic rings. The number of hydrogen-bond donors (Lipinski definition) is 0. The molecule has 0 aromatic heterocycles. The molecule has 120 valence electrons. The molecule has 2 rings (SSSR count). The summed E-state index contributed by atoms with van der Waals surface area (Å²) in [5, 5.41) is 0. The number of carbonyl (C=O) groups is 2. The Morgan fingerprint density at radius 3 is 2.32 bits per heavy atom. The number of benzene rings is 1. The van der Waals surface area contributed by atoms with E-state index in [2.05, 4.69) is 4.90 Å². The van der Waals surface area contributed by atoms with Gasteiger partial charge in [0.15, 0.2) is 0 Å². The van der Waals surface area contributed by atoms with E-state index in [1.165, 1.54) is 0 Å². The number of anilines is 1. The summed E-state index contributed by atoms with van der Waals surface area (Å²) in [4.78, 5) is 26.8. The molecule has 1 fully saturated rings. The first kappa shape index (κ1) is 16.3. The summed E-state index contributed by atoms with van der Waals surface area (Å²) < 4.78 is 5.40. The third-order valence-corrected chi connectivity index (χ3v) is 3.63. The van der Waals surface area contributed by atoms with E-state index in [1.807, 2.05) is 45.9 Å². The fraction of sp³-hybridized carbons (Fsp3) is 0.529. The van der Waals surface area contributed by atoms with Crippen LogP contribution >= 0.6 is 0 Å². The maximum Gasteiger partial charge on any atom is 0.410 e. The molecule has 1 heterocycles. The summed E-state index contributed by atoms with van der Waals surface area (Å²) in [5.41, 5.74) is 2.42. The Morgan fingerprint density at radius 1 is 1.18 bits per heavy atom. The van der Waals surface area contributed by atoms with Crippen LogP contribution in [0.15, 0.2) is 18.2 Å². The van der Waals surface area contributed by atoms with Gasteiger partial charge in [-0.1, -0.05) is 0 Å². The Bertz CT molecular complexity index is 556. The third kappa shape index (κ3) is 4.00. The van der Waals surface area contributed by atoms with Gasteiger partial charge in [0.05, 0.1) is 0 Å². The van der Waals surface area contributed by atoms with E-state index in [4.69, 9.17) is 4.74 Å². The van der Waals surface area contributed by atoms with E-state index in [1.54, 1.807) is 4.90 Å². The maximum atomic E-state index is 12.1. The zero-order valence-corrected chi connectivity index (χ0v) is 13.8. The Kier molecular flexibility index (Phi) is 4.74. The first-order valence-electron chi connectivity index (χ1n) is 7.59. The summed E-state index contributed by atoms with van der Waals surface area (Å²) in [5.74, 6) is 0. The molecule has 5 heteroatoms. The van der Waals surface area contributed by atoms with Gasteiger partial charge in [-0.25, -0.2) is 4.79 Å². The number of hydrogen-bond acceptors (Lipinski definition) is 4. The zero-order valence-electron chi connectivity index (χ0n) is 13.8. The second-order valence-corrected chi connectivity index (χ2v) is 6.62. The fourth-order valence-corrected chi connectivity index (χ4v) is 2.56. The van der Waals surface area contributed by atoms with Crippen molar-refractivity contribution in [2.75, 3.05) is 31.1 Å². The lowest BCUT2D eigenvalue weighted by Crippen LogP contribution is -2.50. The molecule has 1 amide bonds. The van der Waals surface area contributed by atoms with Crippen molar-refractivity contribution in [1.82, 2.24) is 4.90 Å². The van der Waals surface area contributed by atoms with Crippen molar-refractivity contribution in [2.45, 2.75) is 33.3 Å². The number of nitrogens with zero attached hydrogens (tertiary/aromatic N) is 2. The van der Waals surface area contributed by atoms with Crippen LogP contribution < -0.4 is 4.90 Å². The first-order chi connectivity index (χ1) is 10.3. The highest BCUT2D eigenvalue weighted by atomic mass is 16.6. The van der Waals surface area contributed by atoms with Crippen molar-refractivity contribution in [3.8, 4) is 0 Å². The lowest BCUT2D eigenvalue weighted by atomic mass is 10.1. The molecule has 0 unspecified atom stereocenters. The largest absolute Gasteiger partial charge is 0.444 e. The quantitative estimate of drug-likeness (QED) is 0.788. The summed E-state index contributed by atoms with van der Waals surface area (Å²) >= 11 is 0. The molecular weight excluding hydrogens is 280 g/mol. The number of carbonyl (C=O) groups excluding carboxylic acids is 2. The molecule has 0 radical (unpaired) electrons. The minimum Gasteiger partial charge on any atom is -0.444 e. The highest BCUT2D eigenvalue weighted by Crippen LogP contribution is 2.22. The Labute approximate surface area is 131 Å². The molecule has 0 aliphatic carbocycles. The van der Waals surface area contributed by atoms with Crippen molar-refractivity contribution in [3.05, 3.63) is 29.3 Å². The molecule has 1 aliphatic rings. The van der Waals surface area contributed by atoms with Crippen molar-refractivity contribution < 1.29 is 14.3 Å². The van der Waals surface area contributed by atoms with Crippen LogP contribution in [-0.4, -0.2) is 49.1 Å². The van der Waals surface area contributed by atoms with Gasteiger partial charge in [-0.2, -0.15) is 0 Å². The van der Waals surface area contributed by atoms with E-state index in [-0.39, 0.29) is 6.09 Å². The highest BCUT2D eigenvalue weighted by Gasteiger charge is 2.26. The van der Waals surface area contributed by atoms with E-state index in [9.17, 15) is 9.59 Å². The van der Waals surface area contributed by atoms with Gasteiger partial charge in [-0.15, -0.1) is 0 Å². The van der Waals surface area contributed by atoms with Gasteiger partial charge < -0.3 is 14.5 Å². The smallest absolute Gasteiger partial charge is 0.410 e. The molecule has 5 nitrogen and oxygen atoms in total. The molecule has 0 bridgehead atoms. The van der Waals surface area contributed by atoms with Crippen LogP contribution in [0.1, 0.15) is 36.7 Å². The standard InChI is InChI=1S/C17H24N2O3/c1-13-11-14(12-20)5-6-15(13)18-7-9-19(10-8-18)16(21)22-17(2,3)4/h5-6,11-12H,7-10H2,1-4H3. The van der Waals surface area contributed by atoms with Gasteiger partial charge in [0.2, 0.25) is 0 Å². The van der Waals surface area contributed by atoms with Crippen LogP contribution in [0.4, 0.5) is 10.5 Å². The molecule has 0 spiro atoms. The molecule has 0 saturated carbocycles. The summed E-state index contributed by atoms with van der Waals surface area (Å²) in [7, 11) is 0. The fourth-order valence-electron chi connectivity index (χ4n) is 2.56. The van der Waals surface area contributed by atoms with Crippen molar-refractivity contribution in [3.63, 3.8) is 0 Å². The topological polar surface area (TPSA) is 49.9 Å². The number of ether oxygens (including phenoxy) is 1. The number of aryl methyl sites for hydroxylation is 1. The van der Waals surface area contributed by atoms with Gasteiger partial charge >= 0.3 is 6.09 Å². The number of amides is 1. The van der Waals surface area contributed by atoms with Crippen molar-refractivity contribution in [1.29, 1.82) is 0 Å². The highest BCUT2D eigenvalue weighted by molar-refractivity contribution is 5.77. The molecule has 0 N–H and O–H groups in total. The molecule has 1 aliphatic heterocycles. The predicted molar refractivity (Wildman–Crippen MR) is 86.6 cm³/mol. The molecule has 1 aromatic carbocycles. The lowest BCUT2D eigenvalue weighted by Gasteiger charge is -2.37. The third-order valence-electron chi connectivity index (χ3n) is 3.63.